The predicted molar refractivity (Wildman–Crippen MR) is 81.6 cm³/mol. The van der Waals surface area contributed by atoms with Crippen molar-refractivity contribution in [3.63, 3.8) is 0 Å². The van der Waals surface area contributed by atoms with Crippen LogP contribution in [0, 0.1) is 11.3 Å². The smallest absolute Gasteiger partial charge is 0.0750 e. The van der Waals surface area contributed by atoms with E-state index in [4.69, 9.17) is 15.7 Å². The van der Waals surface area contributed by atoms with Gasteiger partial charge in [0.2, 0.25) is 0 Å². The fourth-order valence-electron chi connectivity index (χ4n) is 2.62. The van der Waals surface area contributed by atoms with Crippen LogP contribution in [0.5, 0.6) is 0 Å². The number of hydrogen-bond acceptors (Lipinski definition) is 4. The standard InChI is InChI=1S/C16H23N3O/c1-2-10-20-15-4-3-9-19(12-15)14-5-6-16(18)13(11-14)7-8-17/h5-6,11,15H,2-4,7,9-10,12,18H2,1H3. The SMILES string of the molecule is CCCOC1CCCN(c2ccc(N)c(CC#N)c2)C1. The maximum Gasteiger partial charge on any atom is 0.0750 e. The molecule has 0 radical (unpaired) electrons. The zero-order chi connectivity index (χ0) is 14.4. The maximum atomic E-state index is 8.85. The Morgan fingerprint density at radius 2 is 2.35 bits per heavy atom. The van der Waals surface area contributed by atoms with E-state index in [0.29, 0.717) is 18.2 Å². The lowest BCUT2D eigenvalue weighted by Gasteiger charge is -2.34. The normalized spacial score (nSPS) is 18.8. The molecule has 0 bridgehead atoms. The Morgan fingerprint density at radius 3 is 3.10 bits per heavy atom. The highest BCUT2D eigenvalue weighted by molar-refractivity contribution is 5.59. The number of anilines is 2. The molecule has 0 aliphatic carbocycles. The maximum absolute atomic E-state index is 8.85. The summed E-state index contributed by atoms with van der Waals surface area (Å²) in [5.41, 5.74) is 8.67. The Kier molecular flexibility index (Phi) is 5.25. The first-order chi connectivity index (χ1) is 9.74. The summed E-state index contributed by atoms with van der Waals surface area (Å²) in [4.78, 5) is 2.34. The second-order valence-electron chi connectivity index (χ2n) is 5.30. The van der Waals surface area contributed by atoms with Crippen molar-refractivity contribution < 1.29 is 4.74 Å². The molecule has 1 fully saturated rings. The molecule has 1 saturated heterocycles. The molecule has 1 aliphatic heterocycles. The summed E-state index contributed by atoms with van der Waals surface area (Å²) in [6.45, 7) is 4.94. The molecule has 0 saturated carbocycles. The number of benzene rings is 1. The van der Waals surface area contributed by atoms with Crippen LogP contribution in [-0.4, -0.2) is 25.8 Å². The van der Waals surface area contributed by atoms with Gasteiger partial charge in [0.15, 0.2) is 0 Å². The number of hydrogen-bond donors (Lipinski definition) is 1. The van der Waals surface area contributed by atoms with E-state index in [0.717, 1.165) is 50.2 Å². The van der Waals surface area contributed by atoms with E-state index in [1.165, 1.54) is 0 Å². The number of nitrogens with zero attached hydrogens (tertiary/aromatic N) is 2. The van der Waals surface area contributed by atoms with Crippen LogP contribution in [0.3, 0.4) is 0 Å². The van der Waals surface area contributed by atoms with Crippen LogP contribution in [0.15, 0.2) is 18.2 Å². The zero-order valence-electron chi connectivity index (χ0n) is 12.1. The van der Waals surface area contributed by atoms with Crippen molar-refractivity contribution in [1.29, 1.82) is 5.26 Å². The lowest BCUT2D eigenvalue weighted by molar-refractivity contribution is 0.0440. The Bertz CT molecular complexity index is 481. The van der Waals surface area contributed by atoms with Gasteiger partial charge in [-0.15, -0.1) is 0 Å². The van der Waals surface area contributed by atoms with Gasteiger partial charge in [-0.25, -0.2) is 0 Å². The minimum Gasteiger partial charge on any atom is -0.398 e. The van der Waals surface area contributed by atoms with Gasteiger partial charge in [0, 0.05) is 31.1 Å². The Morgan fingerprint density at radius 1 is 1.50 bits per heavy atom. The first-order valence-electron chi connectivity index (χ1n) is 7.36. The quantitative estimate of drug-likeness (QED) is 0.838. The third-order valence-corrected chi connectivity index (χ3v) is 3.70. The lowest BCUT2D eigenvalue weighted by atomic mass is 10.0. The van der Waals surface area contributed by atoms with Gasteiger partial charge < -0.3 is 15.4 Å². The van der Waals surface area contributed by atoms with Crippen molar-refractivity contribution in [2.24, 2.45) is 0 Å². The largest absolute Gasteiger partial charge is 0.398 e. The van der Waals surface area contributed by atoms with Crippen molar-refractivity contribution >= 4 is 11.4 Å². The fourth-order valence-corrected chi connectivity index (χ4v) is 2.62. The van der Waals surface area contributed by atoms with Crippen LogP contribution in [0.1, 0.15) is 31.7 Å². The van der Waals surface area contributed by atoms with Gasteiger partial charge in [-0.1, -0.05) is 6.92 Å². The molecule has 1 atom stereocenters. The molecule has 0 aromatic heterocycles. The van der Waals surface area contributed by atoms with Crippen molar-refractivity contribution in [3.8, 4) is 6.07 Å². The van der Waals surface area contributed by atoms with Gasteiger partial charge in [-0.05, 0) is 43.0 Å². The number of rotatable bonds is 5. The molecule has 108 valence electrons. The van der Waals surface area contributed by atoms with Gasteiger partial charge in [-0.2, -0.15) is 5.26 Å². The fraction of sp³-hybridized carbons (Fsp3) is 0.562. The highest BCUT2D eigenvalue weighted by Gasteiger charge is 2.20. The average Bonchev–Trinajstić information content (AvgIpc) is 2.48. The molecule has 0 amide bonds. The van der Waals surface area contributed by atoms with Crippen molar-refractivity contribution in [3.05, 3.63) is 23.8 Å². The van der Waals surface area contributed by atoms with Crippen LogP contribution >= 0.6 is 0 Å². The minimum atomic E-state index is 0.320. The Labute approximate surface area is 121 Å². The Balaban J connectivity index is 2.06. The predicted octanol–water partition coefficient (Wildman–Crippen LogP) is 2.73. The van der Waals surface area contributed by atoms with Crippen LogP contribution in [0.2, 0.25) is 0 Å². The minimum absolute atomic E-state index is 0.320. The lowest BCUT2D eigenvalue weighted by Crippen LogP contribution is -2.39. The van der Waals surface area contributed by atoms with E-state index < -0.39 is 0 Å². The zero-order valence-corrected chi connectivity index (χ0v) is 12.1. The molecule has 1 aromatic rings. The number of nitriles is 1. The molecule has 20 heavy (non-hydrogen) atoms. The molecule has 4 nitrogen and oxygen atoms in total. The van der Waals surface area contributed by atoms with E-state index in [9.17, 15) is 0 Å². The number of nitrogens with two attached hydrogens (primary N) is 1. The summed E-state index contributed by atoms with van der Waals surface area (Å²) in [5, 5.41) is 8.85. The number of nitrogen functional groups attached to an aromatic ring is 1. The highest BCUT2D eigenvalue weighted by Crippen LogP contribution is 2.25. The summed E-state index contributed by atoms with van der Waals surface area (Å²) in [7, 11) is 0. The van der Waals surface area contributed by atoms with E-state index in [1.807, 2.05) is 18.2 Å². The molecule has 1 unspecified atom stereocenters. The van der Waals surface area contributed by atoms with E-state index in [1.54, 1.807) is 0 Å². The van der Waals surface area contributed by atoms with E-state index in [-0.39, 0.29) is 0 Å². The summed E-state index contributed by atoms with van der Waals surface area (Å²) < 4.78 is 5.87. The Hall–Kier alpha value is -1.73. The molecule has 1 heterocycles. The highest BCUT2D eigenvalue weighted by atomic mass is 16.5. The molecular weight excluding hydrogens is 250 g/mol. The second-order valence-corrected chi connectivity index (χ2v) is 5.30. The van der Waals surface area contributed by atoms with Gasteiger partial charge in [0.05, 0.1) is 18.6 Å². The van der Waals surface area contributed by atoms with Gasteiger partial charge in [0.25, 0.3) is 0 Å². The topological polar surface area (TPSA) is 62.3 Å². The first kappa shape index (κ1) is 14.7. The van der Waals surface area contributed by atoms with Crippen LogP contribution in [-0.2, 0) is 11.2 Å². The summed E-state index contributed by atoms with van der Waals surface area (Å²) in [6, 6.07) is 8.15. The van der Waals surface area contributed by atoms with E-state index >= 15 is 0 Å². The van der Waals surface area contributed by atoms with Gasteiger partial charge in [0.1, 0.15) is 0 Å². The molecule has 0 spiro atoms. The van der Waals surface area contributed by atoms with Crippen molar-refractivity contribution in [2.45, 2.75) is 38.7 Å². The summed E-state index contributed by atoms with van der Waals surface area (Å²) in [6.07, 6.45) is 4.03. The molecule has 4 heteroatoms. The monoisotopic (exact) mass is 273 g/mol. The van der Waals surface area contributed by atoms with E-state index in [2.05, 4.69) is 17.9 Å². The van der Waals surface area contributed by atoms with Crippen LogP contribution in [0.4, 0.5) is 11.4 Å². The van der Waals surface area contributed by atoms with Crippen molar-refractivity contribution in [1.82, 2.24) is 0 Å². The van der Waals surface area contributed by atoms with Crippen LogP contribution < -0.4 is 10.6 Å². The second kappa shape index (κ2) is 7.16. The van der Waals surface area contributed by atoms with Gasteiger partial charge in [-0.3, -0.25) is 0 Å². The molecule has 1 aliphatic rings. The molecule has 2 rings (SSSR count). The summed E-state index contributed by atoms with van der Waals surface area (Å²) in [5.74, 6) is 0. The third kappa shape index (κ3) is 3.64. The summed E-state index contributed by atoms with van der Waals surface area (Å²) >= 11 is 0. The third-order valence-electron chi connectivity index (χ3n) is 3.70. The molecule has 1 aromatic carbocycles. The molecular formula is C16H23N3O. The average molecular weight is 273 g/mol. The first-order valence-corrected chi connectivity index (χ1v) is 7.36. The van der Waals surface area contributed by atoms with Crippen LogP contribution in [0.25, 0.3) is 0 Å². The van der Waals surface area contributed by atoms with Crippen molar-refractivity contribution in [2.75, 3.05) is 30.3 Å². The van der Waals surface area contributed by atoms with Gasteiger partial charge >= 0.3 is 0 Å². The number of piperidine rings is 1. The number of ether oxygens (including phenoxy) is 1. The molecule has 2 N–H and O–H groups in total.